The normalized spacial score (nSPS) is 11.0. The van der Waals surface area contributed by atoms with Gasteiger partial charge >= 0.3 is 0 Å². The molecule has 0 fully saturated rings. The Morgan fingerprint density at radius 2 is 1.96 bits per heavy atom. The van der Waals surface area contributed by atoms with Crippen LogP contribution in [0.5, 0.6) is 0 Å². The number of carbonyl (C=O) groups is 1. The van der Waals surface area contributed by atoms with Gasteiger partial charge in [0.05, 0.1) is 11.8 Å². The van der Waals surface area contributed by atoms with Gasteiger partial charge in [-0.15, -0.1) is 0 Å². The minimum atomic E-state index is -0.187. The Bertz CT molecular complexity index is 933. The predicted molar refractivity (Wildman–Crippen MR) is 105 cm³/mol. The first kappa shape index (κ1) is 18.2. The van der Waals surface area contributed by atoms with Crippen molar-refractivity contribution < 1.29 is 4.79 Å². The van der Waals surface area contributed by atoms with E-state index >= 15 is 0 Å². The number of pyridine rings is 1. The lowest BCUT2D eigenvalue weighted by Gasteiger charge is -2.13. The van der Waals surface area contributed by atoms with Gasteiger partial charge in [-0.3, -0.25) is 4.79 Å². The number of benzene rings is 1. The van der Waals surface area contributed by atoms with E-state index in [2.05, 4.69) is 47.4 Å². The van der Waals surface area contributed by atoms with Crippen molar-refractivity contribution in [3.63, 3.8) is 0 Å². The number of amides is 1. The average molecular weight is 366 g/mol. The molecule has 1 amide bonds. The monoisotopic (exact) mass is 366 g/mol. The van der Waals surface area contributed by atoms with Crippen LogP contribution in [0.1, 0.15) is 41.4 Å². The SMILES string of the molecule is Cc1ccc(C)c(Sc2ncccc2C(=O)Nc2ccnn2C(C)C)c1. The van der Waals surface area contributed by atoms with Gasteiger partial charge in [-0.1, -0.05) is 23.9 Å². The molecular weight excluding hydrogens is 344 g/mol. The van der Waals surface area contributed by atoms with Gasteiger partial charge < -0.3 is 5.32 Å². The van der Waals surface area contributed by atoms with Crippen LogP contribution in [0.3, 0.4) is 0 Å². The Hall–Kier alpha value is -2.60. The van der Waals surface area contributed by atoms with Crippen molar-refractivity contribution in [2.45, 2.75) is 43.7 Å². The summed E-state index contributed by atoms with van der Waals surface area (Å²) in [6.45, 7) is 8.16. The van der Waals surface area contributed by atoms with Gasteiger partial charge in [-0.05, 0) is 57.0 Å². The molecular formula is C20H22N4OS. The van der Waals surface area contributed by atoms with Gasteiger partial charge in [-0.25, -0.2) is 9.67 Å². The number of aromatic nitrogens is 3. The Kier molecular flexibility index (Phi) is 5.42. The summed E-state index contributed by atoms with van der Waals surface area (Å²) >= 11 is 1.51. The Labute approximate surface area is 157 Å². The second-order valence-electron chi connectivity index (χ2n) is 6.44. The Balaban J connectivity index is 1.88. The van der Waals surface area contributed by atoms with Crippen molar-refractivity contribution in [1.82, 2.24) is 14.8 Å². The lowest BCUT2D eigenvalue weighted by molar-refractivity contribution is 0.102. The van der Waals surface area contributed by atoms with Crippen LogP contribution in [0.25, 0.3) is 0 Å². The molecule has 1 N–H and O–H groups in total. The van der Waals surface area contributed by atoms with E-state index < -0.39 is 0 Å². The van der Waals surface area contributed by atoms with Gasteiger partial charge in [-0.2, -0.15) is 5.10 Å². The first-order valence-electron chi connectivity index (χ1n) is 8.50. The van der Waals surface area contributed by atoms with Crippen LogP contribution in [-0.2, 0) is 0 Å². The highest BCUT2D eigenvalue weighted by Crippen LogP contribution is 2.32. The van der Waals surface area contributed by atoms with Crippen LogP contribution < -0.4 is 5.32 Å². The molecule has 5 nitrogen and oxygen atoms in total. The maximum atomic E-state index is 12.8. The van der Waals surface area contributed by atoms with E-state index in [1.165, 1.54) is 17.3 Å². The molecule has 26 heavy (non-hydrogen) atoms. The van der Waals surface area contributed by atoms with Crippen molar-refractivity contribution >= 4 is 23.5 Å². The van der Waals surface area contributed by atoms with E-state index in [0.717, 1.165) is 10.5 Å². The molecule has 1 aromatic carbocycles. The van der Waals surface area contributed by atoms with E-state index in [-0.39, 0.29) is 11.9 Å². The molecule has 0 saturated carbocycles. The summed E-state index contributed by atoms with van der Waals surface area (Å²) in [6, 6.07) is 11.8. The molecule has 0 saturated heterocycles. The zero-order valence-electron chi connectivity index (χ0n) is 15.4. The number of nitrogens with zero attached hydrogens (tertiary/aromatic N) is 3. The van der Waals surface area contributed by atoms with Crippen molar-refractivity contribution in [2.75, 3.05) is 5.32 Å². The van der Waals surface area contributed by atoms with Gasteiger partial charge in [0.25, 0.3) is 5.91 Å². The summed E-state index contributed by atoms with van der Waals surface area (Å²) in [6.07, 6.45) is 3.40. The van der Waals surface area contributed by atoms with Crippen LogP contribution in [0.4, 0.5) is 5.82 Å². The topological polar surface area (TPSA) is 59.8 Å². The van der Waals surface area contributed by atoms with E-state index in [1.54, 1.807) is 35.3 Å². The van der Waals surface area contributed by atoms with Crippen molar-refractivity contribution in [1.29, 1.82) is 0 Å². The summed E-state index contributed by atoms with van der Waals surface area (Å²) in [5, 5.41) is 7.89. The molecule has 2 aromatic heterocycles. The molecule has 134 valence electrons. The van der Waals surface area contributed by atoms with Crippen LogP contribution in [0, 0.1) is 13.8 Å². The molecule has 0 spiro atoms. The highest BCUT2D eigenvalue weighted by atomic mass is 32.2. The zero-order chi connectivity index (χ0) is 18.7. The fraction of sp³-hybridized carbons (Fsp3) is 0.250. The minimum Gasteiger partial charge on any atom is -0.307 e. The molecule has 0 unspecified atom stereocenters. The fourth-order valence-electron chi connectivity index (χ4n) is 2.57. The summed E-state index contributed by atoms with van der Waals surface area (Å²) in [4.78, 5) is 18.4. The number of carbonyl (C=O) groups excluding carboxylic acids is 1. The third-order valence-corrected chi connectivity index (χ3v) is 5.15. The van der Waals surface area contributed by atoms with Crippen LogP contribution >= 0.6 is 11.8 Å². The molecule has 2 heterocycles. The first-order chi connectivity index (χ1) is 12.5. The lowest BCUT2D eigenvalue weighted by Crippen LogP contribution is -2.17. The second-order valence-corrected chi connectivity index (χ2v) is 7.47. The number of anilines is 1. The third-order valence-electron chi connectivity index (χ3n) is 3.97. The second kappa shape index (κ2) is 7.74. The number of nitrogens with one attached hydrogen (secondary N) is 1. The average Bonchev–Trinajstić information content (AvgIpc) is 3.07. The third kappa shape index (κ3) is 3.96. The molecule has 6 heteroatoms. The molecule has 0 aliphatic rings. The molecule has 3 aromatic rings. The summed E-state index contributed by atoms with van der Waals surface area (Å²) < 4.78 is 1.78. The largest absolute Gasteiger partial charge is 0.307 e. The molecule has 0 radical (unpaired) electrons. The Morgan fingerprint density at radius 1 is 1.15 bits per heavy atom. The maximum absolute atomic E-state index is 12.8. The quantitative estimate of drug-likeness (QED) is 0.699. The molecule has 0 aliphatic heterocycles. The standard InChI is InChI=1S/C20H22N4OS/c1-13(2)24-18(9-11-22-24)23-19(25)16-6-5-10-21-20(16)26-17-12-14(3)7-8-15(17)4/h5-13H,1-4H3,(H,23,25). The fourth-order valence-corrected chi connectivity index (χ4v) is 3.64. The zero-order valence-corrected chi connectivity index (χ0v) is 16.2. The molecule has 3 rings (SSSR count). The number of hydrogen-bond donors (Lipinski definition) is 1. The summed E-state index contributed by atoms with van der Waals surface area (Å²) in [5.74, 6) is 0.491. The summed E-state index contributed by atoms with van der Waals surface area (Å²) in [5.41, 5.74) is 2.89. The van der Waals surface area contributed by atoms with Crippen LogP contribution in [0.2, 0.25) is 0 Å². The highest BCUT2D eigenvalue weighted by molar-refractivity contribution is 7.99. The van der Waals surface area contributed by atoms with Crippen molar-refractivity contribution in [2.24, 2.45) is 0 Å². The van der Waals surface area contributed by atoms with Gasteiger partial charge in [0.1, 0.15) is 10.8 Å². The van der Waals surface area contributed by atoms with Crippen molar-refractivity contribution in [3.8, 4) is 0 Å². The predicted octanol–water partition coefficient (Wildman–Crippen LogP) is 4.88. The maximum Gasteiger partial charge on any atom is 0.259 e. The van der Waals surface area contributed by atoms with E-state index in [0.29, 0.717) is 16.4 Å². The smallest absolute Gasteiger partial charge is 0.259 e. The Morgan fingerprint density at radius 3 is 2.73 bits per heavy atom. The highest BCUT2D eigenvalue weighted by Gasteiger charge is 2.16. The van der Waals surface area contributed by atoms with E-state index in [1.807, 2.05) is 13.8 Å². The van der Waals surface area contributed by atoms with Crippen LogP contribution in [-0.4, -0.2) is 20.7 Å². The molecule has 0 atom stereocenters. The van der Waals surface area contributed by atoms with Crippen molar-refractivity contribution in [3.05, 3.63) is 65.5 Å². The van der Waals surface area contributed by atoms with Gasteiger partial charge in [0.2, 0.25) is 0 Å². The van der Waals surface area contributed by atoms with Gasteiger partial charge in [0.15, 0.2) is 0 Å². The number of hydrogen-bond acceptors (Lipinski definition) is 4. The van der Waals surface area contributed by atoms with Crippen LogP contribution in [0.15, 0.2) is 58.7 Å². The first-order valence-corrected chi connectivity index (χ1v) is 9.32. The van der Waals surface area contributed by atoms with Gasteiger partial charge in [0, 0.05) is 23.2 Å². The lowest BCUT2D eigenvalue weighted by atomic mass is 10.2. The number of rotatable bonds is 5. The van der Waals surface area contributed by atoms with E-state index in [9.17, 15) is 4.79 Å². The molecule has 0 bridgehead atoms. The molecule has 0 aliphatic carbocycles. The minimum absolute atomic E-state index is 0.165. The summed E-state index contributed by atoms with van der Waals surface area (Å²) in [7, 11) is 0. The van der Waals surface area contributed by atoms with E-state index in [4.69, 9.17) is 0 Å². The number of aryl methyl sites for hydroxylation is 2.